The lowest BCUT2D eigenvalue weighted by Crippen LogP contribution is -2.57. The number of nitrogens with one attached hydrogen (secondary N) is 1. The van der Waals surface area contributed by atoms with Gasteiger partial charge in [-0.1, -0.05) is 17.7 Å². The highest BCUT2D eigenvalue weighted by Gasteiger charge is 2.36. The van der Waals surface area contributed by atoms with E-state index in [4.69, 9.17) is 4.74 Å². The molecular weight excluding hydrogens is 366 g/mol. The van der Waals surface area contributed by atoms with Gasteiger partial charge < -0.3 is 15.0 Å². The average Bonchev–Trinajstić information content (AvgIpc) is 2.50. The maximum atomic E-state index is 13.3. The number of alkyl carbamates (subject to hydrolysis) is 1. The lowest BCUT2D eigenvalue weighted by molar-refractivity contribution is 0.0503. The monoisotopic (exact) mass is 397 g/mol. The number of hydrogen-bond donors (Lipinski definition) is 1. The van der Waals surface area contributed by atoms with E-state index in [-0.39, 0.29) is 12.6 Å². The molecule has 1 amide bonds. The zero-order valence-electron chi connectivity index (χ0n) is 17.1. The van der Waals surface area contributed by atoms with E-state index >= 15 is 0 Å². The fourth-order valence-corrected chi connectivity index (χ4v) is 5.02. The lowest BCUT2D eigenvalue weighted by Gasteiger charge is -2.39. The number of rotatable bonds is 4. The van der Waals surface area contributed by atoms with Gasteiger partial charge in [0.05, 0.1) is 10.9 Å². The number of hydrogen-bond acceptors (Lipinski definition) is 5. The first-order chi connectivity index (χ1) is 12.4. The van der Waals surface area contributed by atoms with Crippen molar-refractivity contribution in [3.05, 3.63) is 29.3 Å². The number of benzene rings is 1. The number of carbonyl (C=O) groups is 1. The number of likely N-dealkylation sites (N-methyl/N-ethyl adjacent to an activating group) is 1. The molecule has 1 aliphatic heterocycles. The highest BCUT2D eigenvalue weighted by atomic mass is 32.2. The summed E-state index contributed by atoms with van der Waals surface area (Å²) in [5, 5.41) is 2.71. The van der Waals surface area contributed by atoms with Crippen molar-refractivity contribution in [3.63, 3.8) is 0 Å². The van der Waals surface area contributed by atoms with E-state index in [1.807, 2.05) is 33.0 Å². The summed E-state index contributed by atoms with van der Waals surface area (Å²) in [6, 6.07) is 4.99. The van der Waals surface area contributed by atoms with Crippen molar-refractivity contribution in [3.8, 4) is 0 Å². The first-order valence-electron chi connectivity index (χ1n) is 9.14. The highest BCUT2D eigenvalue weighted by Crippen LogP contribution is 2.24. The second-order valence-corrected chi connectivity index (χ2v) is 10.0. The van der Waals surface area contributed by atoms with Gasteiger partial charge >= 0.3 is 6.09 Å². The second kappa shape index (κ2) is 8.16. The summed E-state index contributed by atoms with van der Waals surface area (Å²) in [4.78, 5) is 14.4. The van der Waals surface area contributed by atoms with Crippen LogP contribution in [0.5, 0.6) is 0 Å². The Morgan fingerprint density at radius 1 is 1.26 bits per heavy atom. The molecule has 7 nitrogen and oxygen atoms in total. The Morgan fingerprint density at radius 3 is 2.52 bits per heavy atom. The molecule has 2 rings (SSSR count). The van der Waals surface area contributed by atoms with Crippen LogP contribution in [0.3, 0.4) is 0 Å². The molecule has 0 aromatic heterocycles. The number of piperazine rings is 1. The van der Waals surface area contributed by atoms with Crippen LogP contribution in [0.15, 0.2) is 23.1 Å². The summed E-state index contributed by atoms with van der Waals surface area (Å²) in [5.74, 6) is 0. The van der Waals surface area contributed by atoms with Crippen LogP contribution in [0, 0.1) is 13.8 Å². The number of amides is 1. The van der Waals surface area contributed by atoms with Crippen LogP contribution >= 0.6 is 0 Å². The maximum absolute atomic E-state index is 13.3. The smallest absolute Gasteiger partial charge is 0.407 e. The summed E-state index contributed by atoms with van der Waals surface area (Å²) >= 11 is 0. The minimum Gasteiger partial charge on any atom is -0.444 e. The minimum atomic E-state index is -3.65. The molecule has 0 spiro atoms. The predicted octanol–water partition coefficient (Wildman–Crippen LogP) is 2.13. The van der Waals surface area contributed by atoms with Crippen molar-refractivity contribution in [2.45, 2.75) is 51.2 Å². The fourth-order valence-electron chi connectivity index (χ4n) is 3.21. The van der Waals surface area contributed by atoms with Gasteiger partial charge in [-0.25, -0.2) is 13.2 Å². The van der Waals surface area contributed by atoms with Crippen molar-refractivity contribution < 1.29 is 17.9 Å². The van der Waals surface area contributed by atoms with Crippen LogP contribution in [0.4, 0.5) is 4.79 Å². The van der Waals surface area contributed by atoms with E-state index in [2.05, 4.69) is 10.2 Å². The lowest BCUT2D eigenvalue weighted by atomic mass is 10.2. The van der Waals surface area contributed by atoms with Crippen LogP contribution in [0.25, 0.3) is 0 Å². The summed E-state index contributed by atoms with van der Waals surface area (Å²) in [6.07, 6.45) is -0.542. The normalized spacial score (nSPS) is 19.7. The minimum absolute atomic E-state index is 0.198. The second-order valence-electron chi connectivity index (χ2n) is 8.18. The number of ether oxygens (including phenoxy) is 1. The zero-order valence-corrected chi connectivity index (χ0v) is 17.9. The molecular formula is C19H31N3O4S. The van der Waals surface area contributed by atoms with E-state index in [0.29, 0.717) is 24.5 Å². The molecule has 0 radical (unpaired) electrons. The molecule has 1 aromatic rings. The van der Waals surface area contributed by atoms with Gasteiger partial charge in [-0.2, -0.15) is 4.31 Å². The standard InChI is InChI=1S/C19H31N3O4S/c1-14-7-8-17(15(2)11-14)27(24,25)22-10-9-21(6)13-16(22)12-20-18(23)26-19(3,4)5/h7-8,11,16H,9-10,12-13H2,1-6H3,(H,20,23)/t16-/m0/s1. The molecule has 152 valence electrons. The number of carbonyl (C=O) groups excluding carboxylic acids is 1. The van der Waals surface area contributed by atoms with E-state index in [1.165, 1.54) is 4.31 Å². The van der Waals surface area contributed by atoms with Gasteiger partial charge in [0.15, 0.2) is 0 Å². The van der Waals surface area contributed by atoms with Crippen LogP contribution < -0.4 is 5.32 Å². The van der Waals surface area contributed by atoms with Gasteiger partial charge in [0.1, 0.15) is 5.60 Å². The first-order valence-corrected chi connectivity index (χ1v) is 10.6. The van der Waals surface area contributed by atoms with Crippen LogP contribution in [0.2, 0.25) is 0 Å². The van der Waals surface area contributed by atoms with Gasteiger partial charge in [0.2, 0.25) is 10.0 Å². The molecule has 1 aliphatic rings. The molecule has 8 heteroatoms. The van der Waals surface area contributed by atoms with Crippen molar-refractivity contribution in [1.82, 2.24) is 14.5 Å². The SMILES string of the molecule is Cc1ccc(S(=O)(=O)N2CCN(C)C[C@@H]2CNC(=O)OC(C)(C)C)c(C)c1. The average molecular weight is 398 g/mol. The molecule has 0 unspecified atom stereocenters. The van der Waals surface area contributed by atoms with Crippen LogP contribution in [-0.4, -0.2) is 68.6 Å². The molecule has 1 heterocycles. The predicted molar refractivity (Wildman–Crippen MR) is 105 cm³/mol. The Hall–Kier alpha value is -1.64. The highest BCUT2D eigenvalue weighted by molar-refractivity contribution is 7.89. The Balaban J connectivity index is 2.20. The van der Waals surface area contributed by atoms with Crippen LogP contribution in [-0.2, 0) is 14.8 Å². The van der Waals surface area contributed by atoms with Gasteiger partial charge in [0, 0.05) is 26.2 Å². The molecule has 0 saturated carbocycles. The molecule has 1 saturated heterocycles. The topological polar surface area (TPSA) is 79.0 Å². The summed E-state index contributed by atoms with van der Waals surface area (Å²) in [5.41, 5.74) is 1.15. The van der Waals surface area contributed by atoms with Crippen molar-refractivity contribution in [2.75, 3.05) is 33.2 Å². The van der Waals surface area contributed by atoms with Crippen molar-refractivity contribution in [1.29, 1.82) is 0 Å². The number of aryl methyl sites for hydroxylation is 2. The summed E-state index contributed by atoms with van der Waals surface area (Å²) < 4.78 is 33.3. The largest absolute Gasteiger partial charge is 0.444 e. The van der Waals surface area contributed by atoms with Crippen molar-refractivity contribution >= 4 is 16.1 Å². The molecule has 0 bridgehead atoms. The van der Waals surface area contributed by atoms with Gasteiger partial charge in [-0.15, -0.1) is 0 Å². The molecule has 27 heavy (non-hydrogen) atoms. The molecule has 1 atom stereocenters. The number of sulfonamides is 1. The van der Waals surface area contributed by atoms with Gasteiger partial charge in [-0.3, -0.25) is 0 Å². The van der Waals surface area contributed by atoms with E-state index in [0.717, 1.165) is 11.1 Å². The molecule has 1 fully saturated rings. The maximum Gasteiger partial charge on any atom is 0.407 e. The number of nitrogens with zero attached hydrogens (tertiary/aromatic N) is 2. The Kier molecular flexibility index (Phi) is 6.55. The third-order valence-electron chi connectivity index (χ3n) is 4.43. The van der Waals surface area contributed by atoms with E-state index < -0.39 is 21.7 Å². The first kappa shape index (κ1) is 21.7. The quantitative estimate of drug-likeness (QED) is 0.842. The fraction of sp³-hybridized carbons (Fsp3) is 0.632. The Labute approximate surface area is 162 Å². The van der Waals surface area contributed by atoms with Gasteiger partial charge in [-0.05, 0) is 53.3 Å². The van der Waals surface area contributed by atoms with E-state index in [9.17, 15) is 13.2 Å². The Morgan fingerprint density at radius 2 is 1.93 bits per heavy atom. The van der Waals surface area contributed by atoms with E-state index in [1.54, 1.807) is 26.8 Å². The zero-order chi connectivity index (χ0) is 20.4. The Bertz CT molecular complexity index is 787. The molecule has 0 aliphatic carbocycles. The molecule has 1 N–H and O–H groups in total. The third kappa shape index (κ3) is 5.67. The summed E-state index contributed by atoms with van der Waals surface area (Å²) in [7, 11) is -1.70. The third-order valence-corrected chi connectivity index (χ3v) is 6.54. The van der Waals surface area contributed by atoms with Crippen molar-refractivity contribution in [2.24, 2.45) is 0 Å². The van der Waals surface area contributed by atoms with Gasteiger partial charge in [0.25, 0.3) is 0 Å². The van der Waals surface area contributed by atoms with Crippen LogP contribution in [0.1, 0.15) is 31.9 Å². The summed E-state index contributed by atoms with van der Waals surface area (Å²) in [6.45, 7) is 10.9. The molecule has 1 aromatic carbocycles.